The molecule has 112 valence electrons. The highest BCUT2D eigenvalue weighted by Crippen LogP contribution is 2.14. The lowest BCUT2D eigenvalue weighted by Crippen LogP contribution is -2.41. The molecule has 1 aliphatic heterocycles. The second kappa shape index (κ2) is 7.19. The molecule has 1 heterocycles. The van der Waals surface area contributed by atoms with Gasteiger partial charge in [-0.3, -0.25) is 10.1 Å². The van der Waals surface area contributed by atoms with E-state index in [1.54, 1.807) is 12.1 Å². The van der Waals surface area contributed by atoms with Crippen molar-refractivity contribution in [3.63, 3.8) is 0 Å². The van der Waals surface area contributed by atoms with Gasteiger partial charge in [-0.2, -0.15) is 0 Å². The molecule has 7 heteroatoms. The Kier molecular flexibility index (Phi) is 5.30. The molecule has 0 saturated carbocycles. The van der Waals surface area contributed by atoms with Crippen molar-refractivity contribution >= 4 is 28.5 Å². The minimum atomic E-state index is -0.565. The molecule has 0 aromatic heterocycles. The molecule has 3 N–H and O–H groups in total. The Morgan fingerprint density at radius 3 is 3.00 bits per heavy atom. The van der Waals surface area contributed by atoms with Crippen LogP contribution in [0.15, 0.2) is 41.0 Å². The molecule has 0 spiro atoms. The number of rotatable bonds is 5. The Balaban J connectivity index is 2.12. The van der Waals surface area contributed by atoms with Crippen LogP contribution in [0, 0.1) is 5.82 Å². The van der Waals surface area contributed by atoms with Crippen molar-refractivity contribution in [2.24, 2.45) is 4.99 Å². The van der Waals surface area contributed by atoms with Gasteiger partial charge in [0, 0.05) is 11.9 Å². The highest BCUT2D eigenvalue weighted by atomic mass is 35.5. The first kappa shape index (κ1) is 15.5. The lowest BCUT2D eigenvalue weighted by atomic mass is 10.2. The summed E-state index contributed by atoms with van der Waals surface area (Å²) < 4.78 is 13.1. The lowest BCUT2D eigenvalue weighted by molar-refractivity contribution is -0.108. The average Bonchev–Trinajstić information content (AvgIpc) is 2.45. The largest absolute Gasteiger partial charge is 0.332 e. The molecule has 5 nitrogen and oxygen atoms in total. The van der Waals surface area contributed by atoms with Crippen molar-refractivity contribution < 1.29 is 9.18 Å². The lowest BCUT2D eigenvalue weighted by Gasteiger charge is -2.22. The van der Waals surface area contributed by atoms with Crippen molar-refractivity contribution in [1.82, 2.24) is 10.6 Å². The van der Waals surface area contributed by atoms with Gasteiger partial charge < -0.3 is 10.6 Å². The number of benzene rings is 1. The van der Waals surface area contributed by atoms with Gasteiger partial charge >= 0.3 is 0 Å². The zero-order valence-corrected chi connectivity index (χ0v) is 12.2. The van der Waals surface area contributed by atoms with Crippen LogP contribution in [0.1, 0.15) is 13.3 Å². The summed E-state index contributed by atoms with van der Waals surface area (Å²) in [6.07, 6.45) is 1.87. The quantitative estimate of drug-likeness (QED) is 0.729. The van der Waals surface area contributed by atoms with Crippen molar-refractivity contribution in [3.05, 3.63) is 41.9 Å². The number of hydrogen-bond acceptors (Lipinski definition) is 5. The average molecular weight is 311 g/mol. The molecule has 0 fully saturated rings. The molecule has 1 atom stereocenters. The maximum atomic E-state index is 13.1. The predicted octanol–water partition coefficient (Wildman–Crippen LogP) is 2.17. The van der Waals surface area contributed by atoms with Crippen LogP contribution in [0.25, 0.3) is 0 Å². The summed E-state index contributed by atoms with van der Waals surface area (Å²) in [6, 6.07) is 6.02. The van der Waals surface area contributed by atoms with Crippen LogP contribution < -0.4 is 16.0 Å². The fourth-order valence-electron chi connectivity index (χ4n) is 1.83. The molecule has 1 unspecified atom stereocenters. The van der Waals surface area contributed by atoms with Gasteiger partial charge in [0.1, 0.15) is 12.0 Å². The van der Waals surface area contributed by atoms with Crippen LogP contribution in [-0.4, -0.2) is 23.9 Å². The molecule has 1 aromatic carbocycles. The number of anilines is 1. The highest BCUT2D eigenvalue weighted by Gasteiger charge is 2.22. The maximum absolute atomic E-state index is 13.1. The molecule has 0 aliphatic carbocycles. The van der Waals surface area contributed by atoms with E-state index < -0.39 is 11.4 Å². The van der Waals surface area contributed by atoms with Gasteiger partial charge in [-0.25, -0.2) is 9.38 Å². The second-order valence-corrected chi connectivity index (χ2v) is 4.83. The minimum Gasteiger partial charge on any atom is -0.332 e. The predicted molar refractivity (Wildman–Crippen MR) is 81.6 cm³/mol. The Morgan fingerprint density at radius 1 is 1.52 bits per heavy atom. The fourth-order valence-corrected chi connectivity index (χ4v) is 1.99. The molecule has 1 aromatic rings. The third-order valence-electron chi connectivity index (χ3n) is 2.82. The number of guanidine groups is 1. The van der Waals surface area contributed by atoms with Gasteiger partial charge in [-0.1, -0.05) is 13.0 Å². The van der Waals surface area contributed by atoms with Crippen molar-refractivity contribution in [2.75, 3.05) is 11.9 Å². The summed E-state index contributed by atoms with van der Waals surface area (Å²) in [5, 5.41) is 8.33. The Bertz CT molecular complexity index is 588. The van der Waals surface area contributed by atoms with E-state index in [1.165, 1.54) is 18.3 Å². The zero-order valence-electron chi connectivity index (χ0n) is 11.5. The zero-order chi connectivity index (χ0) is 15.2. The normalized spacial score (nSPS) is 17.6. The highest BCUT2D eigenvalue weighted by molar-refractivity contribution is 6.67. The van der Waals surface area contributed by atoms with E-state index in [2.05, 4.69) is 20.9 Å². The van der Waals surface area contributed by atoms with E-state index in [-0.39, 0.29) is 5.82 Å². The van der Waals surface area contributed by atoms with Crippen molar-refractivity contribution in [1.29, 1.82) is 0 Å². The van der Waals surface area contributed by atoms with Crippen molar-refractivity contribution in [2.45, 2.75) is 19.5 Å². The Hall–Kier alpha value is -1.92. The van der Waals surface area contributed by atoms with Crippen LogP contribution in [0.2, 0.25) is 0 Å². The van der Waals surface area contributed by atoms with Crippen LogP contribution in [0.5, 0.6) is 0 Å². The summed E-state index contributed by atoms with van der Waals surface area (Å²) >= 11 is 5.53. The number of carbonyl (C=O) groups is 1. The van der Waals surface area contributed by atoms with Crippen LogP contribution in [-0.2, 0) is 4.79 Å². The standard InChI is InChI=1S/C14H16ClFN4O/c1-2-6-17-13-11(12(15)21)8-18-14(20-13)19-10-5-3-4-9(16)7-10/h3-5,7-8,13,17H,2,6H2,1H3,(H2,18,19,20). The monoisotopic (exact) mass is 310 g/mol. The molecular weight excluding hydrogens is 295 g/mol. The molecule has 0 bridgehead atoms. The molecular formula is C14H16ClFN4O. The third kappa shape index (κ3) is 4.27. The van der Waals surface area contributed by atoms with E-state index >= 15 is 0 Å². The summed E-state index contributed by atoms with van der Waals surface area (Å²) in [6.45, 7) is 2.71. The van der Waals surface area contributed by atoms with E-state index in [1.807, 2.05) is 6.92 Å². The number of nitrogens with zero attached hydrogens (tertiary/aromatic N) is 1. The first-order valence-electron chi connectivity index (χ1n) is 6.60. The summed E-state index contributed by atoms with van der Waals surface area (Å²) in [5.41, 5.74) is 0.902. The first-order valence-corrected chi connectivity index (χ1v) is 6.98. The minimum absolute atomic E-state index is 0.343. The third-order valence-corrected chi connectivity index (χ3v) is 3.04. The summed E-state index contributed by atoms with van der Waals surface area (Å²) in [5.74, 6) is 0.0695. The van der Waals surface area contributed by atoms with Gasteiger partial charge in [-0.15, -0.1) is 0 Å². The topological polar surface area (TPSA) is 65.5 Å². The Labute approximate surface area is 127 Å². The Morgan fingerprint density at radius 2 is 2.33 bits per heavy atom. The molecule has 21 heavy (non-hydrogen) atoms. The first-order chi connectivity index (χ1) is 10.1. The molecule has 2 rings (SSSR count). The van der Waals surface area contributed by atoms with Crippen LogP contribution in [0.3, 0.4) is 0 Å². The van der Waals surface area contributed by atoms with E-state index in [0.717, 1.165) is 6.42 Å². The number of hydrogen-bond donors (Lipinski definition) is 3. The van der Waals surface area contributed by atoms with Gasteiger partial charge in [0.2, 0.25) is 5.96 Å². The number of halogens is 2. The SMILES string of the molecule is CCCNC1N=C(Nc2cccc(F)c2)NC=C1C(=O)Cl. The summed E-state index contributed by atoms with van der Waals surface area (Å²) in [7, 11) is 0. The van der Waals surface area contributed by atoms with Gasteiger partial charge in [-0.05, 0) is 42.8 Å². The van der Waals surface area contributed by atoms with E-state index in [4.69, 9.17) is 11.6 Å². The molecule has 1 aliphatic rings. The van der Waals surface area contributed by atoms with Crippen molar-refractivity contribution in [3.8, 4) is 0 Å². The molecule has 0 amide bonds. The van der Waals surface area contributed by atoms with Crippen LogP contribution in [0.4, 0.5) is 10.1 Å². The maximum Gasteiger partial charge on any atom is 0.253 e. The van der Waals surface area contributed by atoms with Gasteiger partial charge in [0.05, 0.1) is 5.57 Å². The fraction of sp³-hybridized carbons (Fsp3) is 0.286. The second-order valence-electron chi connectivity index (χ2n) is 4.49. The van der Waals surface area contributed by atoms with E-state index in [9.17, 15) is 9.18 Å². The number of aliphatic imine (C=N–C) groups is 1. The smallest absolute Gasteiger partial charge is 0.253 e. The molecule has 0 saturated heterocycles. The van der Waals surface area contributed by atoms with Gasteiger partial charge in [0.25, 0.3) is 5.24 Å². The van der Waals surface area contributed by atoms with Gasteiger partial charge in [0.15, 0.2) is 0 Å². The summed E-state index contributed by atoms with van der Waals surface area (Å²) in [4.78, 5) is 15.7. The number of nitrogens with one attached hydrogen (secondary N) is 3. The van der Waals surface area contributed by atoms with E-state index in [0.29, 0.717) is 23.8 Å². The van der Waals surface area contributed by atoms with Crippen LogP contribution >= 0.6 is 11.6 Å². The molecule has 0 radical (unpaired) electrons. The number of carbonyl (C=O) groups excluding carboxylic acids is 1.